The van der Waals surface area contributed by atoms with Gasteiger partial charge in [0.25, 0.3) is 20.2 Å². The van der Waals surface area contributed by atoms with Gasteiger partial charge in [0, 0.05) is 0 Å². The number of rotatable bonds is 7. The molecule has 0 aliphatic carbocycles. The molecule has 8 heteroatoms. The van der Waals surface area contributed by atoms with E-state index in [9.17, 15) is 16.8 Å². The minimum Gasteiger partial charge on any atom is -0.286 e. The maximum Gasteiger partial charge on any atom is 0.267 e. The van der Waals surface area contributed by atoms with Gasteiger partial charge in [0.15, 0.2) is 0 Å². The molecule has 0 fully saturated rings. The van der Waals surface area contributed by atoms with E-state index < -0.39 is 25.5 Å². The van der Waals surface area contributed by atoms with E-state index in [4.69, 9.17) is 9.11 Å². The third-order valence-corrected chi connectivity index (χ3v) is 4.08. The average Bonchev–Trinajstić information content (AvgIpc) is 1.99. The van der Waals surface area contributed by atoms with Gasteiger partial charge >= 0.3 is 0 Å². The summed E-state index contributed by atoms with van der Waals surface area (Å²) in [6, 6.07) is 0. The molecule has 0 aromatic heterocycles. The summed E-state index contributed by atoms with van der Waals surface area (Å²) >= 11 is 0. The quantitative estimate of drug-likeness (QED) is 0.515. The molecule has 0 heterocycles. The first-order valence-corrected chi connectivity index (χ1v) is 7.65. The Hall–Kier alpha value is -0.180. The lowest BCUT2D eigenvalue weighted by atomic mass is 10.2. The maximum absolute atomic E-state index is 10.6. The second kappa shape index (κ2) is 5.78. The Morgan fingerprint density at radius 3 is 1.93 bits per heavy atom. The lowest BCUT2D eigenvalue weighted by molar-refractivity contribution is 0.460. The third kappa shape index (κ3) is 8.79. The Kier molecular flexibility index (Phi) is 5.71. The molecular formula is C7H16O6S2. The van der Waals surface area contributed by atoms with E-state index in [2.05, 4.69) is 0 Å². The summed E-state index contributed by atoms with van der Waals surface area (Å²) in [6.45, 7) is 1.39. The van der Waals surface area contributed by atoms with Gasteiger partial charge in [-0.1, -0.05) is 12.8 Å². The molecule has 0 amide bonds. The second-order valence-corrected chi connectivity index (χ2v) is 6.87. The summed E-state index contributed by atoms with van der Waals surface area (Å²) in [7, 11) is -7.91. The van der Waals surface area contributed by atoms with Crippen molar-refractivity contribution in [3.63, 3.8) is 0 Å². The van der Waals surface area contributed by atoms with Crippen molar-refractivity contribution < 1.29 is 25.9 Å². The Balaban J connectivity index is 3.65. The average molecular weight is 260 g/mol. The van der Waals surface area contributed by atoms with Crippen LogP contribution < -0.4 is 0 Å². The van der Waals surface area contributed by atoms with Crippen molar-refractivity contribution in [2.75, 3.05) is 5.75 Å². The van der Waals surface area contributed by atoms with Crippen molar-refractivity contribution in [2.24, 2.45) is 0 Å². The van der Waals surface area contributed by atoms with E-state index >= 15 is 0 Å². The zero-order chi connectivity index (χ0) is 12.1. The summed E-state index contributed by atoms with van der Waals surface area (Å²) in [5.74, 6) is -0.312. The van der Waals surface area contributed by atoms with Gasteiger partial charge in [0.1, 0.15) is 0 Å². The summed E-state index contributed by atoms with van der Waals surface area (Å²) < 4.78 is 58.8. The molecule has 0 aromatic carbocycles. The molecule has 15 heavy (non-hydrogen) atoms. The number of hydrogen-bond donors (Lipinski definition) is 2. The number of unbranched alkanes of at least 4 members (excludes halogenated alkanes) is 2. The molecule has 0 aromatic rings. The van der Waals surface area contributed by atoms with Crippen molar-refractivity contribution in [3.8, 4) is 0 Å². The zero-order valence-corrected chi connectivity index (χ0v) is 10.1. The van der Waals surface area contributed by atoms with Crippen molar-refractivity contribution >= 4 is 20.2 Å². The van der Waals surface area contributed by atoms with E-state index in [0.717, 1.165) is 0 Å². The van der Waals surface area contributed by atoms with Crippen LogP contribution in [0.2, 0.25) is 0 Å². The Labute approximate surface area is 90.2 Å². The molecule has 0 radical (unpaired) electrons. The molecular weight excluding hydrogens is 244 g/mol. The number of hydrogen-bond acceptors (Lipinski definition) is 4. The first kappa shape index (κ1) is 14.8. The highest BCUT2D eigenvalue weighted by Gasteiger charge is 2.16. The van der Waals surface area contributed by atoms with Crippen LogP contribution >= 0.6 is 0 Å². The standard InChI is InChI=1S/C7H16O6S2/c1-7(15(11,12)13)5-3-2-4-6-14(8,9)10/h7H,2-6H2,1H3,(H,8,9,10)(H,11,12,13). The van der Waals surface area contributed by atoms with Crippen molar-refractivity contribution in [2.45, 2.75) is 37.9 Å². The van der Waals surface area contributed by atoms with Gasteiger partial charge in [-0.3, -0.25) is 9.11 Å². The minimum atomic E-state index is -3.99. The van der Waals surface area contributed by atoms with E-state index in [1.165, 1.54) is 6.92 Å². The lowest BCUT2D eigenvalue weighted by Crippen LogP contribution is -2.16. The molecule has 0 aliphatic heterocycles. The molecule has 1 atom stereocenters. The van der Waals surface area contributed by atoms with E-state index in [-0.39, 0.29) is 18.6 Å². The molecule has 0 bridgehead atoms. The molecule has 1 unspecified atom stereocenters. The predicted octanol–water partition coefficient (Wildman–Crippen LogP) is 0.711. The molecule has 92 valence electrons. The highest BCUT2D eigenvalue weighted by atomic mass is 32.2. The van der Waals surface area contributed by atoms with E-state index in [1.807, 2.05) is 0 Å². The summed E-state index contributed by atoms with van der Waals surface area (Å²) in [6.07, 6.45) is 1.57. The molecule has 0 saturated heterocycles. The van der Waals surface area contributed by atoms with Crippen molar-refractivity contribution in [1.29, 1.82) is 0 Å². The summed E-state index contributed by atoms with van der Waals surface area (Å²) in [4.78, 5) is 0. The third-order valence-electron chi connectivity index (χ3n) is 2.02. The predicted molar refractivity (Wildman–Crippen MR) is 55.9 cm³/mol. The fourth-order valence-corrected chi connectivity index (χ4v) is 2.08. The first-order valence-electron chi connectivity index (χ1n) is 4.54. The van der Waals surface area contributed by atoms with Gasteiger partial charge in [-0.15, -0.1) is 0 Å². The molecule has 2 N–H and O–H groups in total. The van der Waals surface area contributed by atoms with Gasteiger partial charge in [-0.25, -0.2) is 0 Å². The van der Waals surface area contributed by atoms with Gasteiger partial charge in [0.2, 0.25) is 0 Å². The van der Waals surface area contributed by atoms with Crippen LogP contribution in [0.5, 0.6) is 0 Å². The molecule has 0 rings (SSSR count). The monoisotopic (exact) mass is 260 g/mol. The molecule has 0 aliphatic rings. The fourth-order valence-electron chi connectivity index (χ4n) is 1.04. The van der Waals surface area contributed by atoms with Gasteiger partial charge in [-0.05, 0) is 19.8 Å². The Morgan fingerprint density at radius 1 is 1.00 bits per heavy atom. The lowest BCUT2D eigenvalue weighted by Gasteiger charge is -2.06. The topological polar surface area (TPSA) is 109 Å². The van der Waals surface area contributed by atoms with Crippen LogP contribution in [0.1, 0.15) is 32.6 Å². The van der Waals surface area contributed by atoms with Crippen LogP contribution in [0, 0.1) is 0 Å². The maximum atomic E-state index is 10.6. The zero-order valence-electron chi connectivity index (χ0n) is 8.46. The molecule has 0 spiro atoms. The summed E-state index contributed by atoms with van der Waals surface area (Å²) in [5, 5.41) is -0.830. The van der Waals surface area contributed by atoms with Crippen LogP contribution in [0.3, 0.4) is 0 Å². The van der Waals surface area contributed by atoms with E-state index in [0.29, 0.717) is 12.8 Å². The van der Waals surface area contributed by atoms with Crippen LogP contribution in [-0.4, -0.2) is 36.9 Å². The van der Waals surface area contributed by atoms with Gasteiger partial charge < -0.3 is 0 Å². The normalized spacial score (nSPS) is 15.1. The fraction of sp³-hybridized carbons (Fsp3) is 1.00. The molecule has 0 saturated carbocycles. The van der Waals surface area contributed by atoms with Crippen molar-refractivity contribution in [3.05, 3.63) is 0 Å². The van der Waals surface area contributed by atoms with Crippen LogP contribution in [0.4, 0.5) is 0 Å². The first-order chi connectivity index (χ1) is 6.63. The highest BCUT2D eigenvalue weighted by molar-refractivity contribution is 7.86. The smallest absolute Gasteiger partial charge is 0.267 e. The van der Waals surface area contributed by atoms with Crippen molar-refractivity contribution in [1.82, 2.24) is 0 Å². The molecule has 6 nitrogen and oxygen atoms in total. The van der Waals surface area contributed by atoms with Crippen LogP contribution in [-0.2, 0) is 20.2 Å². The largest absolute Gasteiger partial charge is 0.286 e. The Morgan fingerprint density at radius 2 is 1.53 bits per heavy atom. The SMILES string of the molecule is CC(CCCCCS(=O)(=O)O)S(=O)(=O)O. The minimum absolute atomic E-state index is 0.282. The Bertz CT molecular complexity index is 368. The summed E-state index contributed by atoms with van der Waals surface area (Å²) in [5.41, 5.74) is 0. The van der Waals surface area contributed by atoms with Gasteiger partial charge in [-0.2, -0.15) is 16.8 Å². The highest BCUT2D eigenvalue weighted by Crippen LogP contribution is 2.10. The van der Waals surface area contributed by atoms with Gasteiger partial charge in [0.05, 0.1) is 11.0 Å². The van der Waals surface area contributed by atoms with Crippen LogP contribution in [0.25, 0.3) is 0 Å². The second-order valence-electron chi connectivity index (χ2n) is 3.46. The van der Waals surface area contributed by atoms with Crippen LogP contribution in [0.15, 0.2) is 0 Å². The van der Waals surface area contributed by atoms with E-state index in [1.54, 1.807) is 0 Å².